The second kappa shape index (κ2) is 9.44. The van der Waals surface area contributed by atoms with Crippen LogP contribution in [0.5, 0.6) is 0 Å². The summed E-state index contributed by atoms with van der Waals surface area (Å²) in [6, 6.07) is 24.1. The van der Waals surface area contributed by atoms with Crippen molar-refractivity contribution < 1.29 is 0 Å². The molecule has 3 aromatic rings. The van der Waals surface area contributed by atoms with Crippen LogP contribution in [0.3, 0.4) is 0 Å². The summed E-state index contributed by atoms with van der Waals surface area (Å²) in [4.78, 5) is 2.30. The SMILES string of the molecule is C=C/C(C)=C(\C=C)N(c1ccc2c(c1)C(C)(C)c1ccccc1-2)c1ccccc1C.CC. The normalized spacial score (nSPS) is 13.7. The highest BCUT2D eigenvalue weighted by atomic mass is 15.1. The van der Waals surface area contributed by atoms with Gasteiger partial charge in [-0.25, -0.2) is 0 Å². The zero-order chi connectivity index (χ0) is 23.5. The molecular weight excluding hydrogens is 386 g/mol. The van der Waals surface area contributed by atoms with Gasteiger partial charge in [0, 0.05) is 22.5 Å². The minimum atomic E-state index is -0.0368. The Hall–Kier alpha value is -3.32. The van der Waals surface area contributed by atoms with E-state index >= 15 is 0 Å². The van der Waals surface area contributed by atoms with Crippen molar-refractivity contribution in [2.45, 2.75) is 47.0 Å². The van der Waals surface area contributed by atoms with Crippen LogP contribution < -0.4 is 4.90 Å². The van der Waals surface area contributed by atoms with Crippen molar-refractivity contribution in [1.82, 2.24) is 0 Å². The summed E-state index contributed by atoms with van der Waals surface area (Å²) in [5.74, 6) is 0. The number of aryl methyl sites for hydroxylation is 1. The van der Waals surface area contributed by atoms with E-state index in [0.29, 0.717) is 0 Å². The highest BCUT2D eigenvalue weighted by molar-refractivity contribution is 5.84. The monoisotopic (exact) mass is 421 g/mol. The van der Waals surface area contributed by atoms with Gasteiger partial charge in [-0.1, -0.05) is 95.5 Å². The zero-order valence-electron chi connectivity index (χ0n) is 20.4. The lowest BCUT2D eigenvalue weighted by atomic mass is 9.82. The molecule has 1 heteroatoms. The van der Waals surface area contributed by atoms with Gasteiger partial charge in [0.05, 0.1) is 0 Å². The summed E-state index contributed by atoms with van der Waals surface area (Å²) >= 11 is 0. The van der Waals surface area contributed by atoms with Gasteiger partial charge in [0.2, 0.25) is 0 Å². The number of allylic oxidation sites excluding steroid dienone is 3. The predicted octanol–water partition coefficient (Wildman–Crippen LogP) is 9.11. The molecule has 0 heterocycles. The average Bonchev–Trinajstić information content (AvgIpc) is 3.05. The number of nitrogens with zero attached hydrogens (tertiary/aromatic N) is 1. The van der Waals surface area contributed by atoms with Crippen LogP contribution >= 0.6 is 0 Å². The number of fused-ring (bicyclic) bond motifs is 3. The molecule has 0 radical (unpaired) electrons. The van der Waals surface area contributed by atoms with Crippen molar-refractivity contribution >= 4 is 11.4 Å². The first-order valence-electron chi connectivity index (χ1n) is 11.5. The summed E-state index contributed by atoms with van der Waals surface area (Å²) in [6.07, 6.45) is 3.83. The fourth-order valence-corrected chi connectivity index (χ4v) is 4.59. The van der Waals surface area contributed by atoms with E-state index in [4.69, 9.17) is 0 Å². The number of para-hydroxylation sites is 1. The largest absolute Gasteiger partial charge is 0.310 e. The van der Waals surface area contributed by atoms with Crippen LogP contribution in [0.4, 0.5) is 11.4 Å². The van der Waals surface area contributed by atoms with Crippen LogP contribution in [-0.2, 0) is 5.41 Å². The van der Waals surface area contributed by atoms with Gasteiger partial charge in [-0.15, -0.1) is 0 Å². The van der Waals surface area contributed by atoms with Gasteiger partial charge in [-0.05, 0) is 71.5 Å². The topological polar surface area (TPSA) is 3.24 Å². The number of hydrogen-bond donors (Lipinski definition) is 0. The maximum absolute atomic E-state index is 4.12. The van der Waals surface area contributed by atoms with Gasteiger partial charge >= 0.3 is 0 Å². The molecule has 4 rings (SSSR count). The molecule has 164 valence electrons. The Morgan fingerprint density at radius 3 is 2.09 bits per heavy atom. The van der Waals surface area contributed by atoms with Crippen molar-refractivity contribution in [2.24, 2.45) is 0 Å². The summed E-state index contributed by atoms with van der Waals surface area (Å²) in [6.45, 7) is 21.0. The van der Waals surface area contributed by atoms with E-state index in [2.05, 4.69) is 112 Å². The van der Waals surface area contributed by atoms with Crippen LogP contribution in [0.15, 0.2) is 103 Å². The van der Waals surface area contributed by atoms with Crippen molar-refractivity contribution in [3.63, 3.8) is 0 Å². The molecule has 0 aliphatic heterocycles. The maximum atomic E-state index is 4.12. The molecule has 0 saturated heterocycles. The van der Waals surface area contributed by atoms with E-state index in [9.17, 15) is 0 Å². The van der Waals surface area contributed by atoms with Crippen LogP contribution in [0.2, 0.25) is 0 Å². The Morgan fingerprint density at radius 2 is 1.44 bits per heavy atom. The van der Waals surface area contributed by atoms with Crippen molar-refractivity contribution in [3.8, 4) is 11.1 Å². The fraction of sp³-hybridized carbons (Fsp3) is 0.226. The molecule has 0 N–H and O–H groups in total. The quantitative estimate of drug-likeness (QED) is 0.371. The third-order valence-corrected chi connectivity index (χ3v) is 6.33. The molecule has 3 aromatic carbocycles. The molecule has 0 saturated carbocycles. The Bertz CT molecular complexity index is 1180. The third-order valence-electron chi connectivity index (χ3n) is 6.33. The number of hydrogen-bond acceptors (Lipinski definition) is 1. The van der Waals surface area contributed by atoms with Gasteiger partial charge in [0.15, 0.2) is 0 Å². The summed E-state index contributed by atoms with van der Waals surface area (Å²) in [7, 11) is 0. The Labute approximate surface area is 194 Å². The van der Waals surface area contributed by atoms with E-state index in [1.54, 1.807) is 0 Å². The molecule has 0 bridgehead atoms. The fourth-order valence-electron chi connectivity index (χ4n) is 4.59. The smallest absolute Gasteiger partial charge is 0.0490 e. The Kier molecular flexibility index (Phi) is 6.89. The second-order valence-electron chi connectivity index (χ2n) is 8.50. The van der Waals surface area contributed by atoms with Gasteiger partial charge in [0.25, 0.3) is 0 Å². The van der Waals surface area contributed by atoms with Crippen LogP contribution in [0, 0.1) is 6.92 Å². The van der Waals surface area contributed by atoms with Gasteiger partial charge in [0.1, 0.15) is 0 Å². The van der Waals surface area contributed by atoms with Gasteiger partial charge < -0.3 is 4.90 Å². The van der Waals surface area contributed by atoms with Crippen molar-refractivity contribution in [1.29, 1.82) is 0 Å². The van der Waals surface area contributed by atoms with Crippen molar-refractivity contribution in [2.75, 3.05) is 4.90 Å². The first kappa shape index (κ1) is 23.3. The maximum Gasteiger partial charge on any atom is 0.0490 e. The number of anilines is 2. The highest BCUT2D eigenvalue weighted by Crippen LogP contribution is 2.50. The van der Waals surface area contributed by atoms with Crippen LogP contribution in [-0.4, -0.2) is 0 Å². The lowest BCUT2D eigenvalue weighted by Crippen LogP contribution is -2.19. The van der Waals surface area contributed by atoms with E-state index < -0.39 is 0 Å². The lowest BCUT2D eigenvalue weighted by Gasteiger charge is -2.30. The van der Waals surface area contributed by atoms with E-state index in [1.165, 1.54) is 27.8 Å². The molecule has 0 amide bonds. The highest BCUT2D eigenvalue weighted by Gasteiger charge is 2.35. The summed E-state index contributed by atoms with van der Waals surface area (Å²) in [5, 5.41) is 0. The summed E-state index contributed by atoms with van der Waals surface area (Å²) in [5.41, 5.74) is 11.0. The van der Waals surface area contributed by atoms with Crippen LogP contribution in [0.1, 0.15) is 51.3 Å². The van der Waals surface area contributed by atoms with E-state index in [0.717, 1.165) is 22.6 Å². The molecule has 1 nitrogen and oxygen atoms in total. The minimum absolute atomic E-state index is 0.0368. The van der Waals surface area contributed by atoms with E-state index in [-0.39, 0.29) is 5.41 Å². The standard InChI is InChI=1S/C29H29N.C2H6/c1-7-20(3)27(8-2)30(28-16-12-9-13-21(28)4)22-17-18-24-23-14-10-11-15-25(23)29(5,6)26(24)19-22;1-2/h7-19H,1-2H2,3-6H3;1-2H3/b27-20+;. The molecule has 0 aromatic heterocycles. The summed E-state index contributed by atoms with van der Waals surface area (Å²) < 4.78 is 0. The van der Waals surface area contributed by atoms with Gasteiger partial charge in [-0.3, -0.25) is 0 Å². The van der Waals surface area contributed by atoms with Crippen LogP contribution in [0.25, 0.3) is 11.1 Å². The predicted molar refractivity (Wildman–Crippen MR) is 142 cm³/mol. The first-order valence-corrected chi connectivity index (χ1v) is 11.5. The molecule has 1 aliphatic carbocycles. The number of benzene rings is 3. The molecule has 0 spiro atoms. The zero-order valence-corrected chi connectivity index (χ0v) is 20.4. The molecular formula is C31H35N. The Morgan fingerprint density at radius 1 is 0.812 bits per heavy atom. The molecule has 0 atom stereocenters. The minimum Gasteiger partial charge on any atom is -0.310 e. The van der Waals surface area contributed by atoms with Crippen molar-refractivity contribution in [3.05, 3.63) is 120 Å². The molecule has 1 aliphatic rings. The Balaban J connectivity index is 0.00000141. The van der Waals surface area contributed by atoms with Gasteiger partial charge in [-0.2, -0.15) is 0 Å². The first-order chi connectivity index (χ1) is 15.4. The second-order valence-corrected chi connectivity index (χ2v) is 8.50. The average molecular weight is 422 g/mol. The lowest BCUT2D eigenvalue weighted by molar-refractivity contribution is 0.660. The third kappa shape index (κ3) is 3.84. The molecule has 0 fully saturated rings. The molecule has 0 unspecified atom stereocenters. The molecule has 32 heavy (non-hydrogen) atoms. The van der Waals surface area contributed by atoms with E-state index in [1.807, 2.05) is 26.0 Å². The number of rotatable bonds is 5.